The van der Waals surface area contributed by atoms with Crippen LogP contribution in [0.5, 0.6) is 0 Å². The van der Waals surface area contributed by atoms with E-state index in [2.05, 4.69) is 5.32 Å². The van der Waals surface area contributed by atoms with Crippen LogP contribution in [0.1, 0.15) is 5.56 Å². The fourth-order valence-corrected chi connectivity index (χ4v) is 1.74. The van der Waals surface area contributed by atoms with Crippen LogP contribution in [-0.4, -0.2) is 63.6 Å². The summed E-state index contributed by atoms with van der Waals surface area (Å²) < 4.78 is 0. The minimum atomic E-state index is -1.74. The van der Waals surface area contributed by atoms with Gasteiger partial charge in [-0.2, -0.15) is 0 Å². The summed E-state index contributed by atoms with van der Waals surface area (Å²) in [7, 11) is 0. The van der Waals surface area contributed by atoms with Gasteiger partial charge in [-0.3, -0.25) is 14.9 Å². The Hall–Kier alpha value is -1.80. The van der Waals surface area contributed by atoms with E-state index in [1.807, 2.05) is 6.07 Å². The molecule has 1 rings (SSSR count). The first-order chi connectivity index (χ1) is 9.95. The molecule has 0 unspecified atom stereocenters. The molecule has 1 aromatic rings. The Bertz CT molecular complexity index is 464. The summed E-state index contributed by atoms with van der Waals surface area (Å²) in [6.07, 6.45) is -3.13. The lowest BCUT2D eigenvalue weighted by Crippen LogP contribution is -2.46. The van der Waals surface area contributed by atoms with Crippen molar-refractivity contribution >= 4 is 11.8 Å². The maximum absolute atomic E-state index is 11.5. The molecule has 116 valence electrons. The molecule has 0 fully saturated rings. The summed E-state index contributed by atoms with van der Waals surface area (Å²) >= 11 is 0. The number of ketones is 1. The lowest BCUT2D eigenvalue weighted by atomic mass is 10.1. The van der Waals surface area contributed by atoms with Crippen LogP contribution in [-0.2, 0) is 16.0 Å². The highest BCUT2D eigenvalue weighted by molar-refractivity contribution is 5.86. The molecule has 7 nitrogen and oxygen atoms in total. The zero-order valence-electron chi connectivity index (χ0n) is 11.3. The van der Waals surface area contributed by atoms with Crippen molar-refractivity contribution in [2.24, 2.45) is 0 Å². The van der Waals surface area contributed by atoms with Crippen molar-refractivity contribution in [3.8, 4) is 0 Å². The average Bonchev–Trinajstić information content (AvgIpc) is 2.50. The average molecular weight is 297 g/mol. The quantitative estimate of drug-likeness (QED) is 0.377. The molecule has 3 atom stereocenters. The van der Waals surface area contributed by atoms with Gasteiger partial charge in [0, 0.05) is 0 Å². The second kappa shape index (κ2) is 8.48. The molecule has 7 heteroatoms. The Kier molecular flexibility index (Phi) is 6.97. The smallest absolute Gasteiger partial charge is 0.321 e. The number of carbonyl (C=O) groups is 2. The highest BCUT2D eigenvalue weighted by Gasteiger charge is 2.25. The topological polar surface area (TPSA) is 127 Å². The molecule has 0 saturated heterocycles. The van der Waals surface area contributed by atoms with Gasteiger partial charge in [0.25, 0.3) is 0 Å². The van der Waals surface area contributed by atoms with E-state index in [0.29, 0.717) is 0 Å². The van der Waals surface area contributed by atoms with Crippen LogP contribution in [0, 0.1) is 0 Å². The van der Waals surface area contributed by atoms with Crippen LogP contribution in [0.3, 0.4) is 0 Å². The molecule has 0 aliphatic rings. The molecular weight excluding hydrogens is 278 g/mol. The Morgan fingerprint density at radius 2 is 1.76 bits per heavy atom. The van der Waals surface area contributed by atoms with Gasteiger partial charge in [0.15, 0.2) is 5.78 Å². The highest BCUT2D eigenvalue weighted by atomic mass is 16.4. The molecule has 0 aliphatic carbocycles. The van der Waals surface area contributed by atoms with Crippen LogP contribution < -0.4 is 5.32 Å². The van der Waals surface area contributed by atoms with Crippen molar-refractivity contribution < 1.29 is 30.0 Å². The van der Waals surface area contributed by atoms with Gasteiger partial charge < -0.3 is 20.4 Å². The Morgan fingerprint density at radius 1 is 1.14 bits per heavy atom. The molecule has 5 N–H and O–H groups in total. The van der Waals surface area contributed by atoms with Gasteiger partial charge in [0.05, 0.1) is 13.2 Å². The van der Waals surface area contributed by atoms with Gasteiger partial charge in [0.2, 0.25) is 0 Å². The van der Waals surface area contributed by atoms with Gasteiger partial charge >= 0.3 is 5.97 Å². The van der Waals surface area contributed by atoms with Crippen LogP contribution in [0.25, 0.3) is 0 Å². The largest absolute Gasteiger partial charge is 0.480 e. The molecule has 0 amide bonds. The SMILES string of the molecule is O=C(O)[C@H](Cc1ccccc1)NCC(=O)[C@H](O)[C@H](O)CO. The van der Waals surface area contributed by atoms with E-state index in [1.165, 1.54) is 0 Å². The molecule has 0 radical (unpaired) electrons. The predicted octanol–water partition coefficient (Wildman–Crippen LogP) is -1.44. The third-order valence-corrected chi connectivity index (χ3v) is 2.98. The number of aliphatic hydroxyl groups is 3. The summed E-state index contributed by atoms with van der Waals surface area (Å²) in [5.41, 5.74) is 0.792. The standard InChI is InChI=1S/C14H19NO6/c16-8-12(18)13(19)11(17)7-15-10(14(20)21)6-9-4-2-1-3-5-9/h1-5,10,12-13,15-16,18-19H,6-8H2,(H,20,21)/t10-,12+,13-/m0/s1. The second-order valence-electron chi connectivity index (χ2n) is 4.62. The van der Waals surface area contributed by atoms with Crippen molar-refractivity contribution in [2.75, 3.05) is 13.2 Å². The second-order valence-corrected chi connectivity index (χ2v) is 4.62. The normalized spacial score (nSPS) is 15.2. The number of hydrogen-bond acceptors (Lipinski definition) is 6. The van der Waals surface area contributed by atoms with Crippen LogP contribution in [0.4, 0.5) is 0 Å². The predicted molar refractivity (Wildman–Crippen MR) is 73.7 cm³/mol. The minimum absolute atomic E-state index is 0.183. The maximum atomic E-state index is 11.5. The summed E-state index contributed by atoms with van der Waals surface area (Å²) in [4.78, 5) is 22.7. The molecule has 0 aromatic heterocycles. The fourth-order valence-electron chi connectivity index (χ4n) is 1.74. The summed E-state index contributed by atoms with van der Waals surface area (Å²) in [6, 6.07) is 7.91. The van der Waals surface area contributed by atoms with E-state index in [9.17, 15) is 14.7 Å². The molecule has 21 heavy (non-hydrogen) atoms. The first-order valence-electron chi connectivity index (χ1n) is 6.45. The number of rotatable bonds is 9. The van der Waals surface area contributed by atoms with Crippen molar-refractivity contribution in [2.45, 2.75) is 24.7 Å². The minimum Gasteiger partial charge on any atom is -0.480 e. The van der Waals surface area contributed by atoms with Crippen molar-refractivity contribution in [1.82, 2.24) is 5.32 Å². The van der Waals surface area contributed by atoms with Crippen molar-refractivity contribution in [1.29, 1.82) is 0 Å². The Morgan fingerprint density at radius 3 is 2.29 bits per heavy atom. The molecular formula is C14H19NO6. The number of carbonyl (C=O) groups excluding carboxylic acids is 1. The Balaban J connectivity index is 2.56. The summed E-state index contributed by atoms with van der Waals surface area (Å²) in [6.45, 7) is -1.17. The number of nitrogens with one attached hydrogen (secondary N) is 1. The molecule has 0 heterocycles. The molecule has 0 bridgehead atoms. The van der Waals surface area contributed by atoms with Crippen molar-refractivity contribution in [3.63, 3.8) is 0 Å². The zero-order chi connectivity index (χ0) is 15.8. The maximum Gasteiger partial charge on any atom is 0.321 e. The molecule has 0 aliphatic heterocycles. The number of benzene rings is 1. The van der Waals surface area contributed by atoms with E-state index in [4.69, 9.17) is 15.3 Å². The van der Waals surface area contributed by atoms with E-state index < -0.39 is 43.2 Å². The Labute approximate surface area is 121 Å². The number of aliphatic hydroxyl groups excluding tert-OH is 3. The summed E-state index contributed by atoms with van der Waals surface area (Å²) in [5, 5.41) is 38.8. The first-order valence-corrected chi connectivity index (χ1v) is 6.45. The third-order valence-electron chi connectivity index (χ3n) is 2.98. The third kappa shape index (κ3) is 5.60. The zero-order valence-corrected chi connectivity index (χ0v) is 11.3. The van der Waals surface area contributed by atoms with Gasteiger partial charge in [0.1, 0.15) is 18.2 Å². The molecule has 1 aromatic carbocycles. The molecule has 0 spiro atoms. The van der Waals surface area contributed by atoms with Gasteiger partial charge in [-0.25, -0.2) is 0 Å². The van der Waals surface area contributed by atoms with Crippen molar-refractivity contribution in [3.05, 3.63) is 35.9 Å². The van der Waals surface area contributed by atoms with E-state index in [1.54, 1.807) is 24.3 Å². The fraction of sp³-hybridized carbons (Fsp3) is 0.429. The van der Waals surface area contributed by atoms with Crippen LogP contribution >= 0.6 is 0 Å². The van der Waals surface area contributed by atoms with Crippen LogP contribution in [0.2, 0.25) is 0 Å². The lowest BCUT2D eigenvalue weighted by Gasteiger charge is -2.17. The van der Waals surface area contributed by atoms with E-state index in [0.717, 1.165) is 5.56 Å². The first kappa shape index (κ1) is 17.3. The van der Waals surface area contributed by atoms with Gasteiger partial charge in [-0.15, -0.1) is 0 Å². The van der Waals surface area contributed by atoms with Gasteiger partial charge in [-0.1, -0.05) is 30.3 Å². The number of hydrogen-bond donors (Lipinski definition) is 5. The number of aliphatic carboxylic acids is 1. The lowest BCUT2D eigenvalue weighted by molar-refractivity contribution is -0.140. The molecule has 0 saturated carbocycles. The van der Waals surface area contributed by atoms with E-state index in [-0.39, 0.29) is 6.42 Å². The van der Waals surface area contributed by atoms with Gasteiger partial charge in [-0.05, 0) is 12.0 Å². The number of Topliss-reactive ketones (excluding diaryl/α,β-unsaturated/α-hetero) is 1. The monoisotopic (exact) mass is 297 g/mol. The highest BCUT2D eigenvalue weighted by Crippen LogP contribution is 2.04. The van der Waals surface area contributed by atoms with Crippen LogP contribution in [0.15, 0.2) is 30.3 Å². The number of carboxylic acid groups (broad SMARTS) is 1. The number of carboxylic acids is 1. The van der Waals surface area contributed by atoms with E-state index >= 15 is 0 Å². The summed E-state index contributed by atoms with van der Waals surface area (Å²) in [5.74, 6) is -1.90.